The van der Waals surface area contributed by atoms with Crippen LogP contribution in [-0.2, 0) is 4.74 Å². The van der Waals surface area contributed by atoms with Crippen LogP contribution in [0.4, 0.5) is 4.39 Å². The number of rotatable bonds is 3. The summed E-state index contributed by atoms with van der Waals surface area (Å²) in [5, 5.41) is 3.60. The van der Waals surface area contributed by atoms with Crippen molar-refractivity contribution in [3.8, 4) is 0 Å². The van der Waals surface area contributed by atoms with Crippen molar-refractivity contribution in [1.82, 2.24) is 10.1 Å². The number of carbonyl (C=O) groups is 1. The summed E-state index contributed by atoms with van der Waals surface area (Å²) in [4.78, 5) is 15.7. The zero-order valence-electron chi connectivity index (χ0n) is 9.88. The lowest BCUT2D eigenvalue weighted by molar-refractivity contribution is 0.0265. The SMILES string of the molecule is Cc1noc(C(C)OC(=O)c2ccc(F)cc2)n1. The number of benzene rings is 1. The van der Waals surface area contributed by atoms with Crippen molar-refractivity contribution < 1.29 is 18.4 Å². The molecule has 18 heavy (non-hydrogen) atoms. The van der Waals surface area contributed by atoms with Crippen molar-refractivity contribution in [2.75, 3.05) is 0 Å². The number of hydrogen-bond acceptors (Lipinski definition) is 5. The molecule has 1 aromatic heterocycles. The summed E-state index contributed by atoms with van der Waals surface area (Å²) in [6.45, 7) is 3.29. The molecule has 2 aromatic rings. The van der Waals surface area contributed by atoms with Crippen molar-refractivity contribution in [2.45, 2.75) is 20.0 Å². The van der Waals surface area contributed by atoms with Crippen LogP contribution in [-0.4, -0.2) is 16.1 Å². The minimum absolute atomic E-state index is 0.225. The predicted octanol–water partition coefficient (Wildman–Crippen LogP) is 2.44. The second-order valence-corrected chi connectivity index (χ2v) is 3.73. The van der Waals surface area contributed by atoms with Gasteiger partial charge in [0, 0.05) is 0 Å². The smallest absolute Gasteiger partial charge is 0.338 e. The van der Waals surface area contributed by atoms with Crippen molar-refractivity contribution in [1.29, 1.82) is 0 Å². The highest BCUT2D eigenvalue weighted by molar-refractivity contribution is 5.89. The molecule has 0 aliphatic carbocycles. The topological polar surface area (TPSA) is 65.2 Å². The summed E-state index contributed by atoms with van der Waals surface area (Å²) < 4.78 is 22.7. The Hall–Kier alpha value is -2.24. The van der Waals surface area contributed by atoms with E-state index in [1.807, 2.05) is 0 Å². The third-order valence-electron chi connectivity index (χ3n) is 2.25. The first-order valence-corrected chi connectivity index (χ1v) is 5.33. The van der Waals surface area contributed by atoms with Gasteiger partial charge in [0.05, 0.1) is 5.56 Å². The molecule has 2 rings (SSSR count). The Morgan fingerprint density at radius 1 is 1.39 bits per heavy atom. The summed E-state index contributed by atoms with van der Waals surface area (Å²) in [6.07, 6.45) is -0.649. The van der Waals surface area contributed by atoms with Crippen LogP contribution in [0.15, 0.2) is 28.8 Å². The van der Waals surface area contributed by atoms with E-state index in [2.05, 4.69) is 10.1 Å². The molecule has 1 atom stereocenters. The Labute approximate surface area is 103 Å². The maximum absolute atomic E-state index is 12.7. The number of esters is 1. The number of carbonyl (C=O) groups excluding carboxylic acids is 1. The van der Waals surface area contributed by atoms with E-state index in [-0.39, 0.29) is 11.5 Å². The van der Waals surface area contributed by atoms with Crippen LogP contribution in [0.3, 0.4) is 0 Å². The molecule has 1 heterocycles. The molecule has 0 saturated carbocycles. The van der Waals surface area contributed by atoms with Crippen LogP contribution in [0.1, 0.15) is 35.1 Å². The number of aryl methyl sites for hydroxylation is 1. The first-order valence-electron chi connectivity index (χ1n) is 5.33. The van der Waals surface area contributed by atoms with E-state index in [1.165, 1.54) is 24.3 Å². The number of hydrogen-bond donors (Lipinski definition) is 0. The molecule has 0 aliphatic heterocycles. The van der Waals surface area contributed by atoms with Gasteiger partial charge in [-0.1, -0.05) is 5.16 Å². The van der Waals surface area contributed by atoms with Crippen LogP contribution >= 0.6 is 0 Å². The highest BCUT2D eigenvalue weighted by Gasteiger charge is 2.18. The Bertz CT molecular complexity index is 551. The lowest BCUT2D eigenvalue weighted by atomic mass is 10.2. The summed E-state index contributed by atoms with van der Waals surface area (Å²) in [5.41, 5.74) is 0.263. The molecule has 6 heteroatoms. The van der Waals surface area contributed by atoms with E-state index in [9.17, 15) is 9.18 Å². The molecular formula is C12H11FN2O3. The molecule has 0 aliphatic rings. The molecule has 0 amide bonds. The van der Waals surface area contributed by atoms with E-state index < -0.39 is 17.9 Å². The van der Waals surface area contributed by atoms with Gasteiger partial charge in [0.1, 0.15) is 5.82 Å². The van der Waals surface area contributed by atoms with Crippen molar-refractivity contribution in [3.05, 3.63) is 47.4 Å². The second-order valence-electron chi connectivity index (χ2n) is 3.73. The number of ether oxygens (including phenoxy) is 1. The molecule has 0 saturated heterocycles. The average molecular weight is 250 g/mol. The fraction of sp³-hybridized carbons (Fsp3) is 0.250. The number of aromatic nitrogens is 2. The molecule has 0 radical (unpaired) electrons. The van der Waals surface area contributed by atoms with Gasteiger partial charge < -0.3 is 9.26 Å². The fourth-order valence-corrected chi connectivity index (χ4v) is 1.34. The van der Waals surface area contributed by atoms with Gasteiger partial charge in [-0.05, 0) is 38.1 Å². The van der Waals surface area contributed by atoms with Crippen molar-refractivity contribution in [2.24, 2.45) is 0 Å². The molecule has 5 nitrogen and oxygen atoms in total. The third-order valence-corrected chi connectivity index (χ3v) is 2.25. The van der Waals surface area contributed by atoms with Gasteiger partial charge in [-0.15, -0.1) is 0 Å². The highest BCUT2D eigenvalue weighted by atomic mass is 19.1. The number of nitrogens with zero attached hydrogens (tertiary/aromatic N) is 2. The van der Waals surface area contributed by atoms with Crippen LogP contribution < -0.4 is 0 Å². The van der Waals surface area contributed by atoms with Gasteiger partial charge in [-0.3, -0.25) is 0 Å². The van der Waals surface area contributed by atoms with Crippen LogP contribution in [0.5, 0.6) is 0 Å². The molecule has 1 aromatic carbocycles. The largest absolute Gasteiger partial charge is 0.449 e. The lowest BCUT2D eigenvalue weighted by Gasteiger charge is -2.08. The van der Waals surface area contributed by atoms with Gasteiger partial charge in [0.25, 0.3) is 5.89 Å². The average Bonchev–Trinajstić information content (AvgIpc) is 2.76. The minimum Gasteiger partial charge on any atom is -0.449 e. The summed E-state index contributed by atoms with van der Waals surface area (Å²) in [6, 6.07) is 5.09. The second kappa shape index (κ2) is 4.95. The molecule has 1 unspecified atom stereocenters. The van der Waals surface area contributed by atoms with Crippen LogP contribution in [0.2, 0.25) is 0 Å². The zero-order chi connectivity index (χ0) is 13.1. The van der Waals surface area contributed by atoms with Gasteiger partial charge in [0.15, 0.2) is 11.9 Å². The standard InChI is InChI=1S/C12H11FN2O3/c1-7(11-14-8(2)15-18-11)17-12(16)9-3-5-10(13)6-4-9/h3-7H,1-2H3. The van der Waals surface area contributed by atoms with Gasteiger partial charge >= 0.3 is 5.97 Å². The lowest BCUT2D eigenvalue weighted by Crippen LogP contribution is -2.09. The first-order chi connectivity index (χ1) is 8.56. The van der Waals surface area contributed by atoms with E-state index in [1.54, 1.807) is 13.8 Å². The summed E-state index contributed by atoms with van der Waals surface area (Å²) in [5.74, 6) is -0.289. The van der Waals surface area contributed by atoms with Gasteiger partial charge in [-0.2, -0.15) is 4.98 Å². The first kappa shape index (κ1) is 12.2. The Morgan fingerprint density at radius 3 is 2.61 bits per heavy atom. The summed E-state index contributed by atoms with van der Waals surface area (Å²) in [7, 11) is 0. The Balaban J connectivity index is 2.05. The molecule has 0 spiro atoms. The van der Waals surface area contributed by atoms with Gasteiger partial charge in [0.2, 0.25) is 0 Å². The highest BCUT2D eigenvalue weighted by Crippen LogP contribution is 2.16. The molecular weight excluding hydrogens is 239 g/mol. The van der Waals surface area contributed by atoms with Crippen molar-refractivity contribution in [3.63, 3.8) is 0 Å². The van der Waals surface area contributed by atoms with E-state index in [4.69, 9.17) is 9.26 Å². The predicted molar refractivity (Wildman–Crippen MR) is 59.3 cm³/mol. The normalized spacial score (nSPS) is 12.2. The van der Waals surface area contributed by atoms with Gasteiger partial charge in [-0.25, -0.2) is 9.18 Å². The number of halogens is 1. The zero-order valence-corrected chi connectivity index (χ0v) is 9.88. The molecule has 0 fully saturated rings. The Morgan fingerprint density at radius 2 is 2.06 bits per heavy atom. The van der Waals surface area contributed by atoms with E-state index in [0.717, 1.165) is 0 Å². The molecule has 94 valence electrons. The van der Waals surface area contributed by atoms with Crippen LogP contribution in [0, 0.1) is 12.7 Å². The monoisotopic (exact) mass is 250 g/mol. The summed E-state index contributed by atoms with van der Waals surface area (Å²) >= 11 is 0. The van der Waals surface area contributed by atoms with Crippen molar-refractivity contribution >= 4 is 5.97 Å². The molecule has 0 N–H and O–H groups in total. The van der Waals surface area contributed by atoms with E-state index >= 15 is 0 Å². The Kier molecular flexibility index (Phi) is 3.36. The quantitative estimate of drug-likeness (QED) is 0.783. The third kappa shape index (κ3) is 2.71. The fourth-order valence-electron chi connectivity index (χ4n) is 1.34. The molecule has 0 bridgehead atoms. The van der Waals surface area contributed by atoms with E-state index in [0.29, 0.717) is 5.82 Å². The maximum Gasteiger partial charge on any atom is 0.338 e. The van der Waals surface area contributed by atoms with Crippen LogP contribution in [0.25, 0.3) is 0 Å². The maximum atomic E-state index is 12.7. The minimum atomic E-state index is -0.649.